The molecule has 2 atom stereocenters. The van der Waals surface area contributed by atoms with Gasteiger partial charge in [-0.1, -0.05) is 146 Å². The molecule has 0 aromatic heterocycles. The van der Waals surface area contributed by atoms with Gasteiger partial charge in [0.1, 0.15) is 23.0 Å². The third-order valence-electron chi connectivity index (χ3n) is 6.47. The smallest absolute Gasteiger partial charge is 1.00 e. The van der Waals surface area contributed by atoms with E-state index in [0.717, 1.165) is 57.6 Å². The Morgan fingerprint density at radius 3 is 0.898 bits per heavy atom. The molecule has 59 heavy (non-hydrogen) atoms. The maximum Gasteiger partial charge on any atom is 3.00 e. The Labute approximate surface area is 383 Å². The normalized spacial score (nSPS) is 8.24. The van der Waals surface area contributed by atoms with E-state index in [2.05, 4.69) is 18.5 Å². The summed E-state index contributed by atoms with van der Waals surface area (Å²) in [5, 5.41) is 1.91. The maximum absolute atomic E-state index is 9.43. The summed E-state index contributed by atoms with van der Waals surface area (Å²) >= 11 is 0. The molecule has 0 N–H and O–H groups in total. The van der Waals surface area contributed by atoms with Crippen molar-refractivity contribution in [3.05, 3.63) is 170 Å². The number of hydrogen-bond acceptors (Lipinski definition) is 6. The summed E-state index contributed by atoms with van der Waals surface area (Å²) in [7, 11) is 18.7. The van der Waals surface area contributed by atoms with Crippen LogP contribution in [0.2, 0.25) is 0 Å². The number of amides is 2. The SMILES string of the molecule is CN(C)C=O.CN(C)C=O.COc1cc(P)c(-c2cc(P)c(OC)cc2OC)c(OC)c1.[Cl-].[Cl-].[Ru+3].c1ccccc1.c1ccccc1.c1ccccc1.c1ccccc1. The van der Waals surface area contributed by atoms with Crippen molar-refractivity contribution in [2.24, 2.45) is 0 Å². The van der Waals surface area contributed by atoms with Crippen LogP contribution >= 0.6 is 18.5 Å². The first-order valence-corrected chi connectivity index (χ1v) is 18.5. The van der Waals surface area contributed by atoms with Crippen LogP contribution in [0, 0.1) is 0 Å². The number of halogens is 2. The molecule has 6 aromatic carbocycles. The monoisotopic (exact) mass is 968 g/mol. The number of carbonyl (C=O) groups is 2. The van der Waals surface area contributed by atoms with Gasteiger partial charge in [-0.25, -0.2) is 0 Å². The van der Waals surface area contributed by atoms with E-state index in [1.807, 2.05) is 170 Å². The molecule has 2 unspecified atom stereocenters. The number of hydrogen-bond donors (Lipinski definition) is 0. The number of rotatable bonds is 7. The predicted molar refractivity (Wildman–Crippen MR) is 242 cm³/mol. The second-order valence-corrected chi connectivity index (χ2v) is 12.6. The van der Waals surface area contributed by atoms with E-state index in [0.29, 0.717) is 0 Å². The van der Waals surface area contributed by atoms with Crippen molar-refractivity contribution >= 4 is 41.9 Å². The zero-order chi connectivity index (χ0) is 41.8. The fourth-order valence-electron chi connectivity index (χ4n) is 3.84. The van der Waals surface area contributed by atoms with E-state index in [9.17, 15) is 9.59 Å². The van der Waals surface area contributed by atoms with Crippen LogP contribution in [0.25, 0.3) is 11.1 Å². The van der Waals surface area contributed by atoms with Gasteiger partial charge >= 0.3 is 19.5 Å². The Morgan fingerprint density at radius 2 is 0.678 bits per heavy atom. The second-order valence-electron chi connectivity index (χ2n) is 11.3. The van der Waals surface area contributed by atoms with Gasteiger partial charge in [0.2, 0.25) is 12.8 Å². The van der Waals surface area contributed by atoms with Crippen LogP contribution in [0.15, 0.2) is 170 Å². The average molecular weight is 969 g/mol. The van der Waals surface area contributed by atoms with Gasteiger partial charge < -0.3 is 53.6 Å². The third kappa shape index (κ3) is 31.2. The molecule has 2 amide bonds. The topological polar surface area (TPSA) is 77.5 Å². The van der Waals surface area contributed by atoms with Crippen LogP contribution in [0.3, 0.4) is 0 Å². The van der Waals surface area contributed by atoms with E-state index >= 15 is 0 Å². The fraction of sp³-hybridized carbons (Fsp3) is 0.174. The van der Waals surface area contributed by atoms with Crippen molar-refractivity contribution in [2.75, 3.05) is 56.6 Å². The summed E-state index contributed by atoms with van der Waals surface area (Å²) in [5.74, 6) is 2.93. The largest absolute Gasteiger partial charge is 3.00 e. The zero-order valence-corrected chi connectivity index (χ0v) is 40.5. The predicted octanol–water partition coefficient (Wildman–Crippen LogP) is 2.55. The van der Waals surface area contributed by atoms with Crippen molar-refractivity contribution in [3.63, 3.8) is 0 Å². The Bertz CT molecular complexity index is 1580. The molecule has 0 saturated heterocycles. The van der Waals surface area contributed by atoms with Crippen LogP contribution in [0.1, 0.15) is 0 Å². The Kier molecular flexibility index (Phi) is 43.2. The van der Waals surface area contributed by atoms with Gasteiger partial charge in [0.25, 0.3) is 0 Å². The number of carbonyl (C=O) groups excluding carboxylic acids is 2. The molecule has 6 rings (SSSR count). The third-order valence-corrected chi connectivity index (χ3v) is 7.38. The van der Waals surface area contributed by atoms with E-state index in [-0.39, 0.29) is 44.3 Å². The van der Waals surface area contributed by atoms with Gasteiger partial charge in [0, 0.05) is 56.8 Å². The summed E-state index contributed by atoms with van der Waals surface area (Å²) in [4.78, 5) is 21.8. The first-order valence-electron chi connectivity index (χ1n) is 17.4. The van der Waals surface area contributed by atoms with Gasteiger partial charge in [0.15, 0.2) is 0 Å². The summed E-state index contributed by atoms with van der Waals surface area (Å²) in [6.07, 6.45) is 1.50. The van der Waals surface area contributed by atoms with Crippen LogP contribution in [-0.2, 0) is 29.1 Å². The molecule has 0 aliphatic rings. The van der Waals surface area contributed by atoms with E-state index in [1.54, 1.807) is 56.6 Å². The number of methoxy groups -OCH3 is 4. The van der Waals surface area contributed by atoms with E-state index < -0.39 is 0 Å². The second kappa shape index (κ2) is 41.7. The standard InChI is InChI=1S/C16H20O4P2.4C6H6.2C3H7NO.2ClH.Ru/c1-17-9-5-13(20-4)16(15(22)6-9)10-7-14(21)12(19-3)8-11(10)18-2;4*1-2-4-6-5-3-1;2*1-4(2)3-5;;;/h5-8H,21-22H2,1-4H3;4*1-6H;2*3H,1-2H3;2*1H;/q;;;;;;;;;+3/p-2. The Balaban J connectivity index is -0.000000336. The molecule has 0 bridgehead atoms. The quantitative estimate of drug-likeness (QED) is 0.139. The van der Waals surface area contributed by atoms with E-state index in [4.69, 9.17) is 18.9 Å². The van der Waals surface area contributed by atoms with Gasteiger partial charge in [-0.15, -0.1) is 18.5 Å². The minimum Gasteiger partial charge on any atom is -1.00 e. The molecule has 6 aromatic rings. The van der Waals surface area contributed by atoms with Gasteiger partial charge in [-0.2, -0.15) is 0 Å². The Morgan fingerprint density at radius 1 is 0.407 bits per heavy atom. The first kappa shape index (κ1) is 61.2. The van der Waals surface area contributed by atoms with Crippen molar-refractivity contribution in [1.29, 1.82) is 0 Å². The number of benzene rings is 6. The van der Waals surface area contributed by atoms with Crippen LogP contribution in [0.4, 0.5) is 0 Å². The minimum atomic E-state index is 0. The zero-order valence-electron chi connectivity index (χ0n) is 34.9. The minimum absolute atomic E-state index is 0. The number of ether oxygens (including phenoxy) is 4. The van der Waals surface area contributed by atoms with Gasteiger partial charge in [-0.3, -0.25) is 9.59 Å². The molecule has 0 spiro atoms. The van der Waals surface area contributed by atoms with E-state index in [1.165, 1.54) is 9.80 Å². The molecular weight excluding hydrogens is 910 g/mol. The molecule has 13 heteroatoms. The first-order chi connectivity index (χ1) is 27.1. The molecule has 319 valence electrons. The van der Waals surface area contributed by atoms with Gasteiger partial charge in [-0.05, 0) is 17.4 Å². The van der Waals surface area contributed by atoms with Crippen LogP contribution < -0.4 is 54.4 Å². The molecule has 0 aliphatic heterocycles. The molecule has 8 nitrogen and oxygen atoms in total. The average Bonchev–Trinajstić information content (AvgIpc) is 3.27. The van der Waals surface area contributed by atoms with Crippen molar-refractivity contribution in [3.8, 4) is 34.1 Å². The van der Waals surface area contributed by atoms with Crippen LogP contribution in [-0.4, -0.2) is 79.2 Å². The summed E-state index contributed by atoms with van der Waals surface area (Å²) in [6.45, 7) is 0. The molecule has 0 aliphatic carbocycles. The molecular formula is C46H58Cl2N2O6P2Ru+. The summed E-state index contributed by atoms with van der Waals surface area (Å²) in [5.41, 5.74) is 1.87. The van der Waals surface area contributed by atoms with Crippen LogP contribution in [0.5, 0.6) is 23.0 Å². The van der Waals surface area contributed by atoms with Crippen molar-refractivity contribution in [2.45, 2.75) is 0 Å². The molecule has 0 saturated carbocycles. The maximum atomic E-state index is 9.43. The van der Waals surface area contributed by atoms with Crippen molar-refractivity contribution < 1.29 is 72.8 Å². The fourth-order valence-corrected chi connectivity index (χ4v) is 4.67. The molecule has 0 fully saturated rings. The Hall–Kier alpha value is -4.48. The number of nitrogens with zero attached hydrogens (tertiary/aromatic N) is 2. The molecule has 0 heterocycles. The molecule has 1 radical (unpaired) electrons. The van der Waals surface area contributed by atoms with Crippen molar-refractivity contribution in [1.82, 2.24) is 9.80 Å². The summed E-state index contributed by atoms with van der Waals surface area (Å²) < 4.78 is 21.7. The van der Waals surface area contributed by atoms with Gasteiger partial charge in [0.05, 0.1) is 28.4 Å². The summed E-state index contributed by atoms with van der Waals surface area (Å²) in [6, 6.07) is 55.7.